The molecule has 1 N–H and O–H groups in total. The molecular formula is C19H30N2O6S. The number of sulfonamides is 1. The zero-order chi connectivity index (χ0) is 20.6. The largest absolute Gasteiger partial charge is 0.489 e. The fourth-order valence-corrected chi connectivity index (χ4v) is 4.42. The number of piperidine rings is 1. The predicted molar refractivity (Wildman–Crippen MR) is 106 cm³/mol. The maximum atomic E-state index is 12.9. The van der Waals surface area contributed by atoms with Gasteiger partial charge in [0, 0.05) is 20.2 Å². The molecule has 0 aliphatic carbocycles. The van der Waals surface area contributed by atoms with E-state index < -0.39 is 15.9 Å². The molecule has 0 spiro atoms. The number of anilines is 1. The van der Waals surface area contributed by atoms with E-state index in [2.05, 4.69) is 5.32 Å². The Morgan fingerprint density at radius 1 is 1.18 bits per heavy atom. The summed E-state index contributed by atoms with van der Waals surface area (Å²) in [5.41, 5.74) is 0.312. The van der Waals surface area contributed by atoms with Crippen LogP contribution in [0.4, 0.5) is 5.69 Å². The van der Waals surface area contributed by atoms with Crippen molar-refractivity contribution in [2.45, 2.75) is 44.1 Å². The molecule has 2 rings (SSSR count). The fraction of sp³-hybridized carbons (Fsp3) is 0.632. The summed E-state index contributed by atoms with van der Waals surface area (Å²) in [4.78, 5) is 12.3. The molecule has 1 aromatic carbocycles. The summed E-state index contributed by atoms with van der Waals surface area (Å²) < 4.78 is 43.2. The SMILES string of the molecule is COCCOCC(=O)Nc1cc(S(=O)(=O)N2CCCCC2)ccc1OC(C)C. The van der Waals surface area contributed by atoms with Gasteiger partial charge in [-0.1, -0.05) is 6.42 Å². The Labute approximate surface area is 167 Å². The zero-order valence-electron chi connectivity index (χ0n) is 16.8. The van der Waals surface area contributed by atoms with Crippen molar-refractivity contribution in [1.82, 2.24) is 4.31 Å². The second-order valence-corrected chi connectivity index (χ2v) is 8.82. The molecule has 9 heteroatoms. The zero-order valence-corrected chi connectivity index (χ0v) is 17.6. The van der Waals surface area contributed by atoms with E-state index in [1.54, 1.807) is 13.2 Å². The molecule has 158 valence electrons. The van der Waals surface area contributed by atoms with Crippen molar-refractivity contribution in [3.63, 3.8) is 0 Å². The molecule has 0 unspecified atom stereocenters. The lowest BCUT2D eigenvalue weighted by atomic mass is 10.2. The summed E-state index contributed by atoms with van der Waals surface area (Å²) in [6.45, 7) is 5.27. The lowest BCUT2D eigenvalue weighted by molar-refractivity contribution is -0.121. The lowest BCUT2D eigenvalue weighted by Gasteiger charge is -2.26. The molecule has 0 saturated carbocycles. The molecule has 0 atom stereocenters. The van der Waals surface area contributed by atoms with Gasteiger partial charge >= 0.3 is 0 Å². The second-order valence-electron chi connectivity index (χ2n) is 6.88. The highest BCUT2D eigenvalue weighted by atomic mass is 32.2. The molecule has 0 aromatic heterocycles. The van der Waals surface area contributed by atoms with Crippen molar-refractivity contribution in [2.24, 2.45) is 0 Å². The minimum atomic E-state index is -3.61. The van der Waals surface area contributed by atoms with Crippen molar-refractivity contribution in [2.75, 3.05) is 45.3 Å². The number of methoxy groups -OCH3 is 1. The Kier molecular flexibility index (Phi) is 8.68. The number of nitrogens with one attached hydrogen (secondary N) is 1. The first kappa shape index (κ1) is 22.6. The van der Waals surface area contributed by atoms with Crippen molar-refractivity contribution in [1.29, 1.82) is 0 Å². The van der Waals surface area contributed by atoms with E-state index >= 15 is 0 Å². The maximum absolute atomic E-state index is 12.9. The Hall–Kier alpha value is -1.68. The van der Waals surface area contributed by atoms with Gasteiger partial charge in [0.1, 0.15) is 12.4 Å². The first-order valence-corrected chi connectivity index (χ1v) is 11.0. The van der Waals surface area contributed by atoms with Gasteiger partial charge in [-0.05, 0) is 44.9 Å². The van der Waals surface area contributed by atoms with Gasteiger partial charge in [0.2, 0.25) is 15.9 Å². The van der Waals surface area contributed by atoms with Gasteiger partial charge in [-0.25, -0.2) is 8.42 Å². The third-order valence-corrected chi connectivity index (χ3v) is 6.10. The summed E-state index contributed by atoms with van der Waals surface area (Å²) in [6.07, 6.45) is 2.63. The van der Waals surface area contributed by atoms with Gasteiger partial charge in [-0.15, -0.1) is 0 Å². The van der Waals surface area contributed by atoms with Crippen LogP contribution in [0.5, 0.6) is 5.75 Å². The lowest BCUT2D eigenvalue weighted by Crippen LogP contribution is -2.35. The molecule has 0 radical (unpaired) electrons. The molecule has 1 heterocycles. The first-order chi connectivity index (χ1) is 13.3. The molecule has 1 aromatic rings. The van der Waals surface area contributed by atoms with Gasteiger partial charge in [-0.2, -0.15) is 4.31 Å². The average Bonchev–Trinajstić information content (AvgIpc) is 2.67. The number of carbonyl (C=O) groups excluding carboxylic acids is 1. The highest BCUT2D eigenvalue weighted by Gasteiger charge is 2.27. The van der Waals surface area contributed by atoms with Crippen molar-refractivity contribution in [3.8, 4) is 5.75 Å². The first-order valence-electron chi connectivity index (χ1n) is 9.52. The van der Waals surface area contributed by atoms with Gasteiger partial charge in [0.25, 0.3) is 0 Å². The summed E-state index contributed by atoms with van der Waals surface area (Å²) in [5.74, 6) is 0.0232. The molecule has 1 aliphatic rings. The number of hydrogen-bond donors (Lipinski definition) is 1. The van der Waals surface area contributed by atoms with Crippen molar-refractivity contribution < 1.29 is 27.4 Å². The third kappa shape index (κ3) is 6.44. The van der Waals surface area contributed by atoms with Gasteiger partial charge in [-0.3, -0.25) is 4.79 Å². The minimum Gasteiger partial charge on any atom is -0.489 e. The number of nitrogens with zero attached hydrogens (tertiary/aromatic N) is 1. The third-order valence-electron chi connectivity index (χ3n) is 4.21. The Morgan fingerprint density at radius 2 is 1.89 bits per heavy atom. The predicted octanol–water partition coefficient (Wildman–Crippen LogP) is 2.25. The van der Waals surface area contributed by atoms with E-state index in [0.29, 0.717) is 37.7 Å². The second kappa shape index (κ2) is 10.8. The average molecular weight is 415 g/mol. The van der Waals surface area contributed by atoms with E-state index in [9.17, 15) is 13.2 Å². The molecule has 1 amide bonds. The van der Waals surface area contributed by atoms with Crippen LogP contribution in [-0.4, -0.2) is 64.8 Å². The van der Waals surface area contributed by atoms with E-state index in [1.807, 2.05) is 13.8 Å². The summed E-state index contributed by atoms with van der Waals surface area (Å²) in [5, 5.41) is 2.70. The number of carbonyl (C=O) groups is 1. The Balaban J connectivity index is 2.20. The quantitative estimate of drug-likeness (QED) is 0.590. The van der Waals surface area contributed by atoms with Crippen LogP contribution in [0.2, 0.25) is 0 Å². The van der Waals surface area contributed by atoms with Gasteiger partial charge < -0.3 is 19.5 Å². The number of rotatable bonds is 10. The normalized spacial score (nSPS) is 15.6. The maximum Gasteiger partial charge on any atom is 0.250 e. The summed E-state index contributed by atoms with van der Waals surface area (Å²) in [6, 6.07) is 4.55. The smallest absolute Gasteiger partial charge is 0.250 e. The van der Waals surface area contributed by atoms with Gasteiger partial charge in [0.05, 0.1) is 29.9 Å². The van der Waals surface area contributed by atoms with E-state index in [0.717, 1.165) is 19.3 Å². The molecule has 1 aliphatic heterocycles. The molecule has 8 nitrogen and oxygen atoms in total. The summed E-state index contributed by atoms with van der Waals surface area (Å²) >= 11 is 0. The summed E-state index contributed by atoms with van der Waals surface area (Å²) in [7, 11) is -2.06. The van der Waals surface area contributed by atoms with E-state index in [1.165, 1.54) is 16.4 Å². The van der Waals surface area contributed by atoms with Crippen LogP contribution >= 0.6 is 0 Å². The number of amides is 1. The topological polar surface area (TPSA) is 94.2 Å². The van der Waals surface area contributed by atoms with Crippen LogP contribution in [0, 0.1) is 0 Å². The Morgan fingerprint density at radius 3 is 2.54 bits per heavy atom. The minimum absolute atomic E-state index is 0.127. The van der Waals surface area contributed by atoms with E-state index in [4.69, 9.17) is 14.2 Å². The van der Waals surface area contributed by atoms with Crippen molar-refractivity contribution in [3.05, 3.63) is 18.2 Å². The van der Waals surface area contributed by atoms with Crippen LogP contribution in [0.3, 0.4) is 0 Å². The molecular weight excluding hydrogens is 384 g/mol. The molecule has 28 heavy (non-hydrogen) atoms. The highest BCUT2D eigenvalue weighted by molar-refractivity contribution is 7.89. The van der Waals surface area contributed by atoms with Crippen LogP contribution < -0.4 is 10.1 Å². The monoisotopic (exact) mass is 414 g/mol. The Bertz CT molecular complexity index is 745. The number of ether oxygens (including phenoxy) is 3. The fourth-order valence-electron chi connectivity index (χ4n) is 2.87. The molecule has 1 fully saturated rings. The number of hydrogen-bond acceptors (Lipinski definition) is 6. The van der Waals surface area contributed by atoms with Crippen LogP contribution in [0.25, 0.3) is 0 Å². The van der Waals surface area contributed by atoms with Gasteiger partial charge in [0.15, 0.2) is 0 Å². The van der Waals surface area contributed by atoms with Crippen LogP contribution in [0.1, 0.15) is 33.1 Å². The van der Waals surface area contributed by atoms with Crippen molar-refractivity contribution >= 4 is 21.6 Å². The number of benzene rings is 1. The molecule has 0 bridgehead atoms. The van der Waals surface area contributed by atoms with Crippen LogP contribution in [0.15, 0.2) is 23.1 Å². The van der Waals surface area contributed by atoms with Crippen LogP contribution in [-0.2, 0) is 24.3 Å². The highest BCUT2D eigenvalue weighted by Crippen LogP contribution is 2.31. The molecule has 1 saturated heterocycles. The standard InChI is InChI=1S/C19H30N2O6S/c1-15(2)27-18-8-7-16(28(23,24)21-9-5-4-6-10-21)13-17(18)20-19(22)14-26-12-11-25-3/h7-8,13,15H,4-6,9-12,14H2,1-3H3,(H,20,22). The van der Waals surface area contributed by atoms with E-state index in [-0.39, 0.29) is 17.6 Å².